The monoisotopic (exact) mass is 436 g/mol. The van der Waals surface area contributed by atoms with E-state index in [1.807, 2.05) is 37.0 Å². The van der Waals surface area contributed by atoms with Gasteiger partial charge in [0, 0.05) is 30.9 Å². The Morgan fingerprint density at radius 2 is 2.00 bits per heavy atom. The Morgan fingerprint density at radius 1 is 1.22 bits per heavy atom. The molecule has 0 fully saturated rings. The second kappa shape index (κ2) is 9.38. The predicted octanol–water partition coefficient (Wildman–Crippen LogP) is 4.33. The lowest BCUT2D eigenvalue weighted by molar-refractivity contribution is -0.117. The second-order valence-corrected chi connectivity index (χ2v) is 8.23. The van der Waals surface area contributed by atoms with Crippen LogP contribution in [0.3, 0.4) is 0 Å². The van der Waals surface area contributed by atoms with Gasteiger partial charge in [0.05, 0.1) is 29.8 Å². The van der Waals surface area contributed by atoms with E-state index in [1.165, 1.54) is 12.1 Å². The number of carbonyl (C=O) groups is 1. The molecule has 1 aliphatic heterocycles. The third kappa shape index (κ3) is 4.74. The van der Waals surface area contributed by atoms with E-state index >= 15 is 0 Å². The fraction of sp³-hybridized carbons (Fsp3) is 0.375. The number of fused-ring (bicyclic) bond motifs is 1. The maximum absolute atomic E-state index is 13.1. The molecule has 0 aliphatic carbocycles. The molecule has 4 rings (SSSR count). The average Bonchev–Trinajstić information content (AvgIpc) is 3.22. The first-order chi connectivity index (χ1) is 15.4. The first-order valence-corrected chi connectivity index (χ1v) is 11.0. The SMILES string of the molecule is CCCCN1c2cc(NCc3cnn(Cc4ccc(F)cc4)c3)nc(C)c2NC(=O)[C@@H]1C. The number of hydrogen-bond acceptors (Lipinski definition) is 5. The van der Waals surface area contributed by atoms with Gasteiger partial charge in [-0.15, -0.1) is 0 Å². The summed E-state index contributed by atoms with van der Waals surface area (Å²) in [5.41, 5.74) is 4.60. The highest BCUT2D eigenvalue weighted by Gasteiger charge is 2.30. The number of aryl methyl sites for hydroxylation is 1. The van der Waals surface area contributed by atoms with Gasteiger partial charge in [-0.1, -0.05) is 25.5 Å². The summed E-state index contributed by atoms with van der Waals surface area (Å²) >= 11 is 0. The molecule has 1 aromatic carbocycles. The number of carbonyl (C=O) groups excluding carboxylic acids is 1. The molecule has 168 valence electrons. The highest BCUT2D eigenvalue weighted by atomic mass is 19.1. The zero-order valence-electron chi connectivity index (χ0n) is 18.7. The normalized spacial score (nSPS) is 15.4. The van der Waals surface area contributed by atoms with Crippen LogP contribution >= 0.6 is 0 Å². The molecule has 1 amide bonds. The minimum Gasteiger partial charge on any atom is -0.366 e. The van der Waals surface area contributed by atoms with Crippen molar-refractivity contribution in [2.45, 2.75) is 52.7 Å². The zero-order chi connectivity index (χ0) is 22.7. The number of pyridine rings is 1. The summed E-state index contributed by atoms with van der Waals surface area (Å²) in [6.07, 6.45) is 5.88. The summed E-state index contributed by atoms with van der Waals surface area (Å²) in [6, 6.07) is 8.24. The van der Waals surface area contributed by atoms with E-state index in [4.69, 9.17) is 0 Å². The molecule has 0 bridgehead atoms. The Morgan fingerprint density at radius 3 is 2.75 bits per heavy atom. The quantitative estimate of drug-likeness (QED) is 0.550. The number of aromatic nitrogens is 3. The van der Waals surface area contributed by atoms with Crippen molar-refractivity contribution >= 4 is 23.1 Å². The molecule has 2 aromatic heterocycles. The Labute approximate surface area is 187 Å². The topological polar surface area (TPSA) is 75.1 Å². The number of anilines is 3. The van der Waals surface area contributed by atoms with Crippen molar-refractivity contribution < 1.29 is 9.18 Å². The van der Waals surface area contributed by atoms with Crippen molar-refractivity contribution in [1.29, 1.82) is 0 Å². The Kier molecular flexibility index (Phi) is 6.39. The second-order valence-electron chi connectivity index (χ2n) is 8.23. The van der Waals surface area contributed by atoms with Gasteiger partial charge in [-0.2, -0.15) is 5.10 Å². The van der Waals surface area contributed by atoms with Crippen LogP contribution in [0.15, 0.2) is 42.7 Å². The molecule has 0 saturated heterocycles. The van der Waals surface area contributed by atoms with Crippen LogP contribution in [0.25, 0.3) is 0 Å². The number of unbranched alkanes of at least 4 members (excludes halogenated alkanes) is 1. The third-order valence-electron chi connectivity index (χ3n) is 5.75. The van der Waals surface area contributed by atoms with Crippen molar-refractivity contribution in [3.63, 3.8) is 0 Å². The van der Waals surface area contributed by atoms with E-state index in [-0.39, 0.29) is 17.8 Å². The van der Waals surface area contributed by atoms with Crippen LogP contribution in [0.5, 0.6) is 0 Å². The molecule has 7 nitrogen and oxygen atoms in total. The van der Waals surface area contributed by atoms with Crippen molar-refractivity contribution in [2.24, 2.45) is 0 Å². The fourth-order valence-corrected chi connectivity index (χ4v) is 3.90. The van der Waals surface area contributed by atoms with Crippen LogP contribution in [-0.4, -0.2) is 33.3 Å². The largest absolute Gasteiger partial charge is 0.366 e. The molecule has 0 spiro atoms. The summed E-state index contributed by atoms with van der Waals surface area (Å²) in [7, 11) is 0. The minimum absolute atomic E-state index is 0.00720. The summed E-state index contributed by atoms with van der Waals surface area (Å²) in [6.45, 7) is 7.99. The smallest absolute Gasteiger partial charge is 0.246 e. The van der Waals surface area contributed by atoms with Crippen LogP contribution in [-0.2, 0) is 17.9 Å². The van der Waals surface area contributed by atoms with Gasteiger partial charge in [0.1, 0.15) is 17.7 Å². The number of benzene rings is 1. The lowest BCUT2D eigenvalue weighted by Gasteiger charge is -2.37. The van der Waals surface area contributed by atoms with Crippen molar-refractivity contribution in [3.8, 4) is 0 Å². The Bertz CT molecular complexity index is 1090. The summed E-state index contributed by atoms with van der Waals surface area (Å²) in [5, 5.41) is 10.8. The number of rotatable bonds is 8. The molecule has 2 N–H and O–H groups in total. The fourth-order valence-electron chi connectivity index (χ4n) is 3.90. The third-order valence-corrected chi connectivity index (χ3v) is 5.75. The first kappa shape index (κ1) is 21.8. The Hall–Kier alpha value is -3.42. The predicted molar refractivity (Wildman–Crippen MR) is 124 cm³/mol. The molecule has 0 saturated carbocycles. The Balaban J connectivity index is 1.47. The van der Waals surface area contributed by atoms with Gasteiger partial charge in [-0.3, -0.25) is 9.48 Å². The maximum Gasteiger partial charge on any atom is 0.246 e. The molecule has 0 radical (unpaired) electrons. The van der Waals surface area contributed by atoms with E-state index in [2.05, 4.69) is 32.5 Å². The summed E-state index contributed by atoms with van der Waals surface area (Å²) < 4.78 is 14.9. The average molecular weight is 437 g/mol. The lowest BCUT2D eigenvalue weighted by Crippen LogP contribution is -2.47. The highest BCUT2D eigenvalue weighted by Crippen LogP contribution is 2.36. The van der Waals surface area contributed by atoms with Gasteiger partial charge in [0.15, 0.2) is 0 Å². The van der Waals surface area contributed by atoms with Crippen molar-refractivity contribution in [2.75, 3.05) is 22.1 Å². The minimum atomic E-state index is -0.242. The van der Waals surface area contributed by atoms with Gasteiger partial charge in [0.2, 0.25) is 5.91 Å². The van der Waals surface area contributed by atoms with Gasteiger partial charge in [-0.25, -0.2) is 9.37 Å². The molecule has 1 aliphatic rings. The number of hydrogen-bond donors (Lipinski definition) is 2. The van der Waals surface area contributed by atoms with Gasteiger partial charge >= 0.3 is 0 Å². The molecule has 32 heavy (non-hydrogen) atoms. The van der Waals surface area contributed by atoms with Crippen LogP contribution in [0.1, 0.15) is 43.5 Å². The van der Waals surface area contributed by atoms with E-state index in [0.29, 0.717) is 13.1 Å². The van der Waals surface area contributed by atoms with Crippen molar-refractivity contribution in [1.82, 2.24) is 14.8 Å². The lowest BCUT2D eigenvalue weighted by atomic mass is 10.1. The van der Waals surface area contributed by atoms with E-state index in [1.54, 1.807) is 12.1 Å². The van der Waals surface area contributed by atoms with E-state index in [0.717, 1.165) is 53.4 Å². The zero-order valence-corrected chi connectivity index (χ0v) is 18.7. The van der Waals surface area contributed by atoms with Gasteiger partial charge in [-0.05, 0) is 38.0 Å². The molecule has 3 heterocycles. The number of halogens is 1. The van der Waals surface area contributed by atoms with Crippen LogP contribution < -0.4 is 15.5 Å². The standard InChI is InChI=1S/C24H29FN6O/c1-4-5-10-31-17(3)24(32)29-23-16(2)28-22(11-21(23)31)26-12-19-13-27-30(15-19)14-18-6-8-20(25)9-7-18/h6-9,11,13,15,17H,4-5,10,12,14H2,1-3H3,(H,26,28)(H,29,32)/t17-/m0/s1. The number of nitrogens with zero attached hydrogens (tertiary/aromatic N) is 4. The van der Waals surface area contributed by atoms with Crippen LogP contribution in [0.2, 0.25) is 0 Å². The first-order valence-electron chi connectivity index (χ1n) is 11.0. The van der Waals surface area contributed by atoms with E-state index in [9.17, 15) is 9.18 Å². The highest BCUT2D eigenvalue weighted by molar-refractivity contribution is 6.04. The van der Waals surface area contributed by atoms with E-state index < -0.39 is 0 Å². The van der Waals surface area contributed by atoms with Crippen molar-refractivity contribution in [3.05, 3.63) is 65.4 Å². The molecular weight excluding hydrogens is 407 g/mol. The summed E-state index contributed by atoms with van der Waals surface area (Å²) in [5.74, 6) is 0.527. The number of amides is 1. The summed E-state index contributed by atoms with van der Waals surface area (Å²) in [4.78, 5) is 19.2. The van der Waals surface area contributed by atoms with Gasteiger partial charge in [0.25, 0.3) is 0 Å². The molecule has 1 atom stereocenters. The molecule has 8 heteroatoms. The van der Waals surface area contributed by atoms with Crippen LogP contribution in [0.4, 0.5) is 21.6 Å². The molecule has 0 unspecified atom stereocenters. The van der Waals surface area contributed by atoms with Gasteiger partial charge < -0.3 is 15.5 Å². The van der Waals surface area contributed by atoms with Crippen LogP contribution in [0, 0.1) is 12.7 Å². The molecular formula is C24H29FN6O. The molecule has 3 aromatic rings. The maximum atomic E-state index is 13.1. The number of nitrogens with one attached hydrogen (secondary N) is 2.